The number of nitrogens with one attached hydrogen (secondary N) is 2. The number of anilines is 2. The number of benzene rings is 1. The van der Waals surface area contributed by atoms with Crippen molar-refractivity contribution in [2.24, 2.45) is 0 Å². The number of piperazine rings is 1. The summed E-state index contributed by atoms with van der Waals surface area (Å²) in [4.78, 5) is 6.80. The second-order valence-electron chi connectivity index (χ2n) is 5.56. The van der Waals surface area contributed by atoms with Gasteiger partial charge in [0.1, 0.15) is 5.82 Å². The van der Waals surface area contributed by atoms with E-state index in [9.17, 15) is 8.42 Å². The molecule has 1 saturated heterocycles. The molecule has 2 heterocycles. The number of nitrogens with zero attached hydrogens (tertiary/aromatic N) is 2. The number of aromatic nitrogens is 1. The van der Waals surface area contributed by atoms with Crippen LogP contribution in [0.5, 0.6) is 0 Å². The molecule has 3 rings (SSSR count). The van der Waals surface area contributed by atoms with E-state index in [0.717, 1.165) is 37.6 Å². The average Bonchev–Trinajstić information content (AvgIpc) is 2.56. The Hall–Kier alpha value is -2.12. The van der Waals surface area contributed by atoms with Gasteiger partial charge in [-0.1, -0.05) is 12.1 Å². The molecule has 1 aliphatic heterocycles. The van der Waals surface area contributed by atoms with Crippen molar-refractivity contribution in [1.82, 2.24) is 10.3 Å². The molecule has 2 aromatic rings. The Balaban J connectivity index is 1.75. The summed E-state index contributed by atoms with van der Waals surface area (Å²) >= 11 is 0. The van der Waals surface area contributed by atoms with Gasteiger partial charge in [-0.3, -0.25) is 4.72 Å². The van der Waals surface area contributed by atoms with Crippen molar-refractivity contribution >= 4 is 21.5 Å². The van der Waals surface area contributed by atoms with Crippen molar-refractivity contribution in [2.45, 2.75) is 11.8 Å². The summed E-state index contributed by atoms with van der Waals surface area (Å²) in [5.74, 6) is 0.866. The van der Waals surface area contributed by atoms with E-state index in [-0.39, 0.29) is 4.90 Å². The minimum atomic E-state index is -3.59. The number of hydrogen-bond donors (Lipinski definition) is 2. The molecule has 7 heteroatoms. The van der Waals surface area contributed by atoms with E-state index in [1.807, 2.05) is 19.1 Å². The first-order valence-corrected chi connectivity index (χ1v) is 9.04. The van der Waals surface area contributed by atoms with Crippen LogP contribution in [0.25, 0.3) is 0 Å². The fourth-order valence-electron chi connectivity index (χ4n) is 2.52. The lowest BCUT2D eigenvalue weighted by Gasteiger charge is -2.28. The molecule has 0 radical (unpaired) electrons. The Morgan fingerprint density at radius 3 is 2.61 bits per heavy atom. The molecule has 122 valence electrons. The summed E-state index contributed by atoms with van der Waals surface area (Å²) in [7, 11) is -3.59. The summed E-state index contributed by atoms with van der Waals surface area (Å²) in [6.07, 6.45) is 1.56. The Kier molecular flexibility index (Phi) is 4.49. The number of rotatable bonds is 4. The van der Waals surface area contributed by atoms with Crippen molar-refractivity contribution in [3.63, 3.8) is 0 Å². The molecule has 1 aromatic carbocycles. The lowest BCUT2D eigenvalue weighted by Crippen LogP contribution is -2.43. The van der Waals surface area contributed by atoms with Crippen LogP contribution in [0.3, 0.4) is 0 Å². The van der Waals surface area contributed by atoms with E-state index in [2.05, 4.69) is 19.9 Å². The van der Waals surface area contributed by atoms with E-state index in [0.29, 0.717) is 5.69 Å². The third-order valence-electron chi connectivity index (χ3n) is 3.74. The first-order chi connectivity index (χ1) is 11.0. The van der Waals surface area contributed by atoms with Gasteiger partial charge in [-0.05, 0) is 36.8 Å². The van der Waals surface area contributed by atoms with Gasteiger partial charge in [-0.2, -0.15) is 0 Å². The number of sulfonamides is 1. The van der Waals surface area contributed by atoms with Crippen molar-refractivity contribution in [3.05, 3.63) is 48.2 Å². The van der Waals surface area contributed by atoms with Gasteiger partial charge in [0.05, 0.1) is 16.8 Å². The molecule has 0 spiro atoms. The fraction of sp³-hybridized carbons (Fsp3) is 0.312. The van der Waals surface area contributed by atoms with Crippen molar-refractivity contribution in [2.75, 3.05) is 35.8 Å². The quantitative estimate of drug-likeness (QED) is 0.890. The zero-order valence-electron chi connectivity index (χ0n) is 13.0. The second kappa shape index (κ2) is 6.55. The maximum Gasteiger partial charge on any atom is 0.261 e. The van der Waals surface area contributed by atoms with Crippen LogP contribution >= 0.6 is 0 Å². The third kappa shape index (κ3) is 3.80. The highest BCUT2D eigenvalue weighted by Gasteiger charge is 2.15. The van der Waals surface area contributed by atoms with Crippen LogP contribution in [-0.4, -0.2) is 39.6 Å². The van der Waals surface area contributed by atoms with E-state index in [1.54, 1.807) is 30.5 Å². The summed E-state index contributed by atoms with van der Waals surface area (Å²) in [6.45, 7) is 5.54. The first-order valence-electron chi connectivity index (χ1n) is 7.56. The van der Waals surface area contributed by atoms with Gasteiger partial charge < -0.3 is 10.2 Å². The highest BCUT2D eigenvalue weighted by molar-refractivity contribution is 7.92. The summed E-state index contributed by atoms with van der Waals surface area (Å²) < 4.78 is 27.3. The SMILES string of the molecule is Cc1cccc(S(=O)(=O)Nc2ccc(N3CCNCC3)nc2)c1. The van der Waals surface area contributed by atoms with Crippen LogP contribution < -0.4 is 14.9 Å². The molecule has 6 nitrogen and oxygen atoms in total. The summed E-state index contributed by atoms with van der Waals surface area (Å²) in [6, 6.07) is 10.4. The minimum Gasteiger partial charge on any atom is -0.354 e. The topological polar surface area (TPSA) is 74.3 Å². The van der Waals surface area contributed by atoms with E-state index in [4.69, 9.17) is 0 Å². The smallest absolute Gasteiger partial charge is 0.261 e. The Bertz CT molecular complexity index is 769. The highest BCUT2D eigenvalue weighted by Crippen LogP contribution is 2.19. The number of aryl methyl sites for hydroxylation is 1. The Morgan fingerprint density at radius 2 is 1.96 bits per heavy atom. The maximum atomic E-state index is 12.4. The van der Waals surface area contributed by atoms with Crippen LogP contribution in [0, 0.1) is 6.92 Å². The Labute approximate surface area is 136 Å². The molecule has 0 bridgehead atoms. The molecular weight excluding hydrogens is 312 g/mol. The molecule has 0 unspecified atom stereocenters. The Morgan fingerprint density at radius 1 is 1.17 bits per heavy atom. The van der Waals surface area contributed by atoms with Gasteiger partial charge in [-0.25, -0.2) is 13.4 Å². The lowest BCUT2D eigenvalue weighted by molar-refractivity contribution is 0.585. The molecule has 0 atom stereocenters. The van der Waals surface area contributed by atoms with Gasteiger partial charge >= 0.3 is 0 Å². The van der Waals surface area contributed by atoms with Crippen LogP contribution in [0.1, 0.15) is 5.56 Å². The fourth-order valence-corrected chi connectivity index (χ4v) is 3.67. The molecule has 0 aliphatic carbocycles. The molecule has 1 aromatic heterocycles. The van der Waals surface area contributed by atoms with E-state index in [1.165, 1.54) is 0 Å². The van der Waals surface area contributed by atoms with E-state index < -0.39 is 10.0 Å². The van der Waals surface area contributed by atoms with Gasteiger partial charge in [0.25, 0.3) is 10.0 Å². The summed E-state index contributed by atoms with van der Waals surface area (Å²) in [5.41, 5.74) is 1.37. The molecule has 0 amide bonds. The summed E-state index contributed by atoms with van der Waals surface area (Å²) in [5, 5.41) is 3.29. The normalized spacial score (nSPS) is 15.4. The van der Waals surface area contributed by atoms with E-state index >= 15 is 0 Å². The van der Waals surface area contributed by atoms with Gasteiger partial charge in [0, 0.05) is 26.2 Å². The first kappa shape index (κ1) is 15.8. The standard InChI is InChI=1S/C16H20N4O2S/c1-13-3-2-4-15(11-13)23(21,22)19-14-5-6-16(18-12-14)20-9-7-17-8-10-20/h2-6,11-12,17,19H,7-10H2,1H3. The van der Waals surface area contributed by atoms with Crippen LogP contribution in [-0.2, 0) is 10.0 Å². The lowest BCUT2D eigenvalue weighted by atomic mass is 10.2. The van der Waals surface area contributed by atoms with Crippen molar-refractivity contribution in [1.29, 1.82) is 0 Å². The largest absolute Gasteiger partial charge is 0.354 e. The van der Waals surface area contributed by atoms with Crippen molar-refractivity contribution < 1.29 is 8.42 Å². The van der Waals surface area contributed by atoms with Crippen molar-refractivity contribution in [3.8, 4) is 0 Å². The molecule has 23 heavy (non-hydrogen) atoms. The van der Waals surface area contributed by atoms with Gasteiger partial charge in [0.15, 0.2) is 0 Å². The second-order valence-corrected chi connectivity index (χ2v) is 7.25. The maximum absolute atomic E-state index is 12.4. The average molecular weight is 332 g/mol. The van der Waals surface area contributed by atoms with Crippen LogP contribution in [0.2, 0.25) is 0 Å². The third-order valence-corrected chi connectivity index (χ3v) is 5.12. The van der Waals surface area contributed by atoms with Crippen LogP contribution in [0.4, 0.5) is 11.5 Å². The number of pyridine rings is 1. The minimum absolute atomic E-state index is 0.253. The van der Waals surface area contributed by atoms with Gasteiger partial charge in [0.2, 0.25) is 0 Å². The van der Waals surface area contributed by atoms with Gasteiger partial charge in [-0.15, -0.1) is 0 Å². The molecule has 1 aliphatic rings. The zero-order chi connectivity index (χ0) is 16.3. The predicted octanol–water partition coefficient (Wildman–Crippen LogP) is 1.60. The molecule has 0 saturated carbocycles. The highest BCUT2D eigenvalue weighted by atomic mass is 32.2. The monoisotopic (exact) mass is 332 g/mol. The van der Waals surface area contributed by atoms with Crippen LogP contribution in [0.15, 0.2) is 47.5 Å². The predicted molar refractivity (Wildman–Crippen MR) is 91.3 cm³/mol. The molecule has 2 N–H and O–H groups in total. The molecular formula is C16H20N4O2S. The zero-order valence-corrected chi connectivity index (χ0v) is 13.8. The number of hydrogen-bond acceptors (Lipinski definition) is 5. The molecule has 1 fully saturated rings.